The van der Waals surface area contributed by atoms with Crippen molar-refractivity contribution in [3.05, 3.63) is 23.9 Å². The Morgan fingerprint density at radius 1 is 1.08 bits per heavy atom. The zero-order valence-electron chi connectivity index (χ0n) is 15.2. The Kier molecular flexibility index (Phi) is 8.21. The van der Waals surface area contributed by atoms with Crippen LogP contribution in [0.5, 0.6) is 0 Å². The predicted octanol–water partition coefficient (Wildman–Crippen LogP) is 2.14. The van der Waals surface area contributed by atoms with E-state index >= 15 is 0 Å². The van der Waals surface area contributed by atoms with Crippen LogP contribution in [-0.2, 0) is 6.54 Å². The highest BCUT2D eigenvalue weighted by molar-refractivity contribution is 14.0. The molecule has 3 rings (SSSR count). The third-order valence-corrected chi connectivity index (χ3v) is 4.99. The van der Waals surface area contributed by atoms with E-state index in [1.54, 1.807) is 0 Å². The number of halogens is 1. The first-order valence-corrected chi connectivity index (χ1v) is 9.16. The Morgan fingerprint density at radius 2 is 1.76 bits per heavy atom. The first-order valence-electron chi connectivity index (χ1n) is 9.16. The molecule has 2 fully saturated rings. The summed E-state index contributed by atoms with van der Waals surface area (Å²) < 4.78 is 0. The molecular weight excluding hydrogens is 427 g/mol. The van der Waals surface area contributed by atoms with Crippen molar-refractivity contribution in [3.63, 3.8) is 0 Å². The number of likely N-dealkylation sites (N-methyl/N-ethyl adjacent to an activating group) is 1. The first kappa shape index (κ1) is 20.2. The second-order valence-corrected chi connectivity index (χ2v) is 6.89. The maximum atomic E-state index is 6.21. The smallest absolute Gasteiger partial charge is 0.191 e. The second kappa shape index (κ2) is 10.2. The van der Waals surface area contributed by atoms with Gasteiger partial charge in [-0.1, -0.05) is 12.8 Å². The average molecular weight is 458 g/mol. The van der Waals surface area contributed by atoms with Crippen LogP contribution in [0, 0.1) is 0 Å². The van der Waals surface area contributed by atoms with Gasteiger partial charge in [0.2, 0.25) is 0 Å². The van der Waals surface area contributed by atoms with Gasteiger partial charge >= 0.3 is 0 Å². The molecule has 0 amide bonds. The largest absolute Gasteiger partial charge is 0.370 e. The fourth-order valence-electron chi connectivity index (χ4n) is 3.34. The van der Waals surface area contributed by atoms with Crippen molar-refractivity contribution in [2.24, 2.45) is 10.7 Å². The summed E-state index contributed by atoms with van der Waals surface area (Å²) >= 11 is 0. The monoisotopic (exact) mass is 458 g/mol. The minimum atomic E-state index is 0. The zero-order valence-corrected chi connectivity index (χ0v) is 17.6. The number of nitrogens with two attached hydrogens (primary N) is 1. The van der Waals surface area contributed by atoms with Gasteiger partial charge in [-0.25, -0.2) is 9.98 Å². The number of aliphatic imine (C=N–C) groups is 1. The number of rotatable bonds is 3. The van der Waals surface area contributed by atoms with E-state index in [1.807, 2.05) is 12.3 Å². The van der Waals surface area contributed by atoms with E-state index in [0.29, 0.717) is 12.5 Å². The number of pyridine rings is 1. The summed E-state index contributed by atoms with van der Waals surface area (Å²) in [7, 11) is 2.17. The number of guanidine groups is 1. The van der Waals surface area contributed by atoms with Gasteiger partial charge in [0, 0.05) is 45.5 Å². The lowest BCUT2D eigenvalue weighted by Crippen LogP contribution is -2.44. The molecule has 2 saturated heterocycles. The third kappa shape index (κ3) is 5.99. The van der Waals surface area contributed by atoms with Crippen LogP contribution in [0.2, 0.25) is 0 Å². The Labute approximate surface area is 168 Å². The number of hydrogen-bond donors (Lipinski definition) is 1. The van der Waals surface area contributed by atoms with Gasteiger partial charge in [-0.2, -0.15) is 0 Å². The van der Waals surface area contributed by atoms with Crippen LogP contribution in [0.3, 0.4) is 0 Å². The molecule has 3 heterocycles. The second-order valence-electron chi connectivity index (χ2n) is 6.89. The highest BCUT2D eigenvalue weighted by Crippen LogP contribution is 2.16. The van der Waals surface area contributed by atoms with E-state index in [0.717, 1.165) is 45.1 Å². The van der Waals surface area contributed by atoms with E-state index in [-0.39, 0.29) is 24.0 Å². The molecule has 25 heavy (non-hydrogen) atoms. The van der Waals surface area contributed by atoms with E-state index < -0.39 is 0 Å². The molecule has 0 bridgehead atoms. The van der Waals surface area contributed by atoms with E-state index in [2.05, 4.69) is 37.8 Å². The number of piperazine rings is 1. The van der Waals surface area contributed by atoms with E-state index in [9.17, 15) is 0 Å². The normalized spacial score (nSPS) is 20.1. The quantitative estimate of drug-likeness (QED) is 0.428. The van der Waals surface area contributed by atoms with Crippen LogP contribution in [0.1, 0.15) is 31.2 Å². The van der Waals surface area contributed by atoms with E-state index in [1.165, 1.54) is 31.2 Å². The van der Waals surface area contributed by atoms with Crippen LogP contribution in [0.4, 0.5) is 5.82 Å². The minimum absolute atomic E-state index is 0. The molecule has 2 aliphatic rings. The van der Waals surface area contributed by atoms with Crippen molar-refractivity contribution < 1.29 is 0 Å². The SMILES string of the molecule is CN1CCN(c2cc(CN=C(N)N3CCCCCC3)ccn2)CC1.I. The maximum absolute atomic E-state index is 6.21. The molecule has 2 N–H and O–H groups in total. The molecule has 0 spiro atoms. The molecule has 0 aromatic carbocycles. The highest BCUT2D eigenvalue weighted by Gasteiger charge is 2.15. The van der Waals surface area contributed by atoms with Crippen LogP contribution in [0.15, 0.2) is 23.3 Å². The van der Waals surface area contributed by atoms with Crippen molar-refractivity contribution in [1.82, 2.24) is 14.8 Å². The van der Waals surface area contributed by atoms with E-state index in [4.69, 9.17) is 5.73 Å². The summed E-state index contributed by atoms with van der Waals surface area (Å²) in [5, 5.41) is 0. The van der Waals surface area contributed by atoms with Gasteiger partial charge in [0.25, 0.3) is 0 Å². The lowest BCUT2D eigenvalue weighted by Gasteiger charge is -2.33. The maximum Gasteiger partial charge on any atom is 0.191 e. The van der Waals surface area contributed by atoms with Crippen molar-refractivity contribution in [1.29, 1.82) is 0 Å². The molecule has 1 aromatic rings. The van der Waals surface area contributed by atoms with Crippen molar-refractivity contribution >= 4 is 35.8 Å². The minimum Gasteiger partial charge on any atom is -0.370 e. The molecule has 0 atom stereocenters. The Bertz CT molecular complexity index is 548. The van der Waals surface area contributed by atoms with Crippen molar-refractivity contribution in [3.8, 4) is 0 Å². The fourth-order valence-corrected chi connectivity index (χ4v) is 3.34. The predicted molar refractivity (Wildman–Crippen MR) is 115 cm³/mol. The summed E-state index contributed by atoms with van der Waals surface area (Å²) in [5.74, 6) is 1.75. The van der Waals surface area contributed by atoms with Crippen molar-refractivity contribution in [2.75, 3.05) is 51.2 Å². The summed E-state index contributed by atoms with van der Waals surface area (Å²) in [5.41, 5.74) is 7.38. The number of anilines is 1. The number of aromatic nitrogens is 1. The number of nitrogens with zero attached hydrogens (tertiary/aromatic N) is 5. The molecule has 0 radical (unpaired) electrons. The van der Waals surface area contributed by atoms with Gasteiger partial charge in [-0.3, -0.25) is 0 Å². The number of hydrogen-bond acceptors (Lipinski definition) is 4. The van der Waals surface area contributed by atoms with Gasteiger partial charge in [-0.05, 0) is 37.6 Å². The van der Waals surface area contributed by atoms with Crippen LogP contribution < -0.4 is 10.6 Å². The molecule has 0 saturated carbocycles. The van der Waals surface area contributed by atoms with Gasteiger partial charge in [0.05, 0.1) is 6.54 Å². The van der Waals surface area contributed by atoms with Crippen LogP contribution >= 0.6 is 24.0 Å². The van der Waals surface area contributed by atoms with Gasteiger partial charge in [0.15, 0.2) is 5.96 Å². The first-order chi connectivity index (χ1) is 11.7. The summed E-state index contributed by atoms with van der Waals surface area (Å²) in [6.07, 6.45) is 6.95. The lowest BCUT2D eigenvalue weighted by molar-refractivity contribution is 0.312. The van der Waals surface area contributed by atoms with Gasteiger partial charge in [0.1, 0.15) is 5.82 Å². The summed E-state index contributed by atoms with van der Waals surface area (Å²) in [4.78, 5) is 16.1. The molecule has 0 aliphatic carbocycles. The standard InChI is InChI=1S/C18H30N6.HI/c1-22-10-12-23(13-11-22)17-14-16(6-7-20-17)15-21-18(19)24-8-4-2-3-5-9-24;/h6-7,14H,2-5,8-13,15H2,1H3,(H2,19,21);1H. The topological polar surface area (TPSA) is 61.0 Å². The van der Waals surface area contributed by atoms with Gasteiger partial charge < -0.3 is 20.4 Å². The van der Waals surface area contributed by atoms with Crippen LogP contribution in [0.25, 0.3) is 0 Å². The Balaban J connectivity index is 0.00000225. The summed E-state index contributed by atoms with van der Waals surface area (Å²) in [6, 6.07) is 4.20. The Morgan fingerprint density at radius 3 is 2.44 bits per heavy atom. The van der Waals surface area contributed by atoms with Crippen molar-refractivity contribution in [2.45, 2.75) is 32.2 Å². The average Bonchev–Trinajstić information content (AvgIpc) is 2.90. The fraction of sp³-hybridized carbons (Fsp3) is 0.667. The molecule has 6 nitrogen and oxygen atoms in total. The molecule has 140 valence electrons. The van der Waals surface area contributed by atoms with Gasteiger partial charge in [-0.15, -0.1) is 24.0 Å². The Hall–Kier alpha value is -1.09. The lowest BCUT2D eigenvalue weighted by atomic mass is 10.2. The molecule has 1 aromatic heterocycles. The molecule has 7 heteroatoms. The number of likely N-dealkylation sites (tertiary alicyclic amines) is 1. The molecule has 2 aliphatic heterocycles. The highest BCUT2D eigenvalue weighted by atomic mass is 127. The van der Waals surface area contributed by atoms with Crippen LogP contribution in [-0.4, -0.2) is 67.1 Å². The molecule has 0 unspecified atom stereocenters. The summed E-state index contributed by atoms with van der Waals surface area (Å²) in [6.45, 7) is 6.96. The molecular formula is C18H31IN6. The zero-order chi connectivity index (χ0) is 16.8. The third-order valence-electron chi connectivity index (χ3n) is 4.99.